The number of rotatable bonds is 4. The minimum absolute atomic E-state index is 0.498. The predicted octanol–water partition coefficient (Wildman–Crippen LogP) is 3.94. The zero-order valence-corrected chi connectivity index (χ0v) is 12.4. The van der Waals surface area contributed by atoms with Crippen LogP contribution in [-0.4, -0.2) is 20.4 Å². The third-order valence-corrected chi connectivity index (χ3v) is 4.39. The topological polar surface area (TPSA) is 30.7 Å². The lowest BCUT2D eigenvalue weighted by atomic mass is 10.1. The largest absolute Gasteiger partial charge is 0.324 e. The Bertz CT molecular complexity index is 766. The van der Waals surface area contributed by atoms with E-state index in [-0.39, 0.29) is 0 Å². The van der Waals surface area contributed by atoms with Crippen LogP contribution < -0.4 is 0 Å². The number of fused-ring (bicyclic) bond motifs is 1. The van der Waals surface area contributed by atoms with Crippen molar-refractivity contribution in [3.63, 3.8) is 0 Å². The number of alkyl halides is 1. The van der Waals surface area contributed by atoms with Gasteiger partial charge in [-0.15, -0.1) is 11.6 Å². The van der Waals surface area contributed by atoms with Crippen molar-refractivity contribution in [3.8, 4) is 0 Å². The summed E-state index contributed by atoms with van der Waals surface area (Å²) in [7, 11) is 0. The minimum atomic E-state index is 0.498. The first kappa shape index (κ1) is 12.8. The average Bonchev–Trinajstić information content (AvgIpc) is 3.23. The summed E-state index contributed by atoms with van der Waals surface area (Å²) in [6.07, 6.45) is 5.65. The van der Waals surface area contributed by atoms with Gasteiger partial charge >= 0.3 is 0 Å². The Balaban J connectivity index is 1.75. The molecule has 2 heterocycles. The van der Waals surface area contributed by atoms with Gasteiger partial charge in [-0.05, 0) is 18.1 Å². The number of hydrogen-bond acceptors (Lipinski definition) is 2. The number of aryl methyl sites for hydroxylation is 1. The van der Waals surface area contributed by atoms with Crippen molar-refractivity contribution in [2.45, 2.75) is 24.8 Å². The highest BCUT2D eigenvalue weighted by Crippen LogP contribution is 2.52. The van der Waals surface area contributed by atoms with Crippen molar-refractivity contribution in [1.82, 2.24) is 14.5 Å². The maximum Gasteiger partial charge on any atom is 0.111 e. The van der Waals surface area contributed by atoms with Crippen LogP contribution in [0.25, 0.3) is 11.0 Å². The molecule has 3 nitrogen and oxygen atoms in total. The van der Waals surface area contributed by atoms with Crippen molar-refractivity contribution in [3.05, 3.63) is 60.2 Å². The van der Waals surface area contributed by atoms with E-state index in [4.69, 9.17) is 16.6 Å². The monoisotopic (exact) mass is 297 g/mol. The summed E-state index contributed by atoms with van der Waals surface area (Å²) >= 11 is 5.95. The molecule has 2 aromatic heterocycles. The van der Waals surface area contributed by atoms with E-state index in [1.165, 1.54) is 17.5 Å². The van der Waals surface area contributed by atoms with Crippen molar-refractivity contribution in [2.75, 3.05) is 5.88 Å². The Morgan fingerprint density at radius 1 is 1.19 bits per heavy atom. The maximum atomic E-state index is 5.95. The predicted molar refractivity (Wildman–Crippen MR) is 84.8 cm³/mol. The van der Waals surface area contributed by atoms with Gasteiger partial charge in [0.15, 0.2) is 0 Å². The summed E-state index contributed by atoms with van der Waals surface area (Å²) in [5.41, 5.74) is 3.56. The van der Waals surface area contributed by atoms with Gasteiger partial charge in [-0.2, -0.15) is 0 Å². The molecule has 0 bridgehead atoms. The first-order chi connectivity index (χ1) is 10.4. The number of benzene rings is 1. The summed E-state index contributed by atoms with van der Waals surface area (Å²) < 4.78 is 2.37. The molecule has 0 N–H and O–H groups in total. The van der Waals surface area contributed by atoms with E-state index in [0.717, 1.165) is 17.8 Å². The van der Waals surface area contributed by atoms with Crippen LogP contribution in [0.1, 0.15) is 29.8 Å². The van der Waals surface area contributed by atoms with Crippen molar-refractivity contribution in [2.24, 2.45) is 0 Å². The van der Waals surface area contributed by atoms with E-state index in [1.54, 1.807) is 0 Å². The van der Waals surface area contributed by atoms with E-state index < -0.39 is 0 Å². The lowest BCUT2D eigenvalue weighted by Crippen LogP contribution is -2.03. The molecule has 21 heavy (non-hydrogen) atoms. The molecule has 0 radical (unpaired) electrons. The molecule has 0 spiro atoms. The van der Waals surface area contributed by atoms with Gasteiger partial charge in [0.05, 0.1) is 11.7 Å². The Morgan fingerprint density at radius 3 is 2.86 bits per heavy atom. The van der Waals surface area contributed by atoms with E-state index in [1.807, 2.05) is 12.4 Å². The summed E-state index contributed by atoms with van der Waals surface area (Å²) in [4.78, 5) is 8.88. The van der Waals surface area contributed by atoms with Crippen LogP contribution in [0.2, 0.25) is 0 Å². The summed E-state index contributed by atoms with van der Waals surface area (Å²) in [5.74, 6) is 2.27. The highest BCUT2D eigenvalue weighted by atomic mass is 35.5. The number of aromatic nitrogens is 3. The van der Waals surface area contributed by atoms with Gasteiger partial charge in [0.25, 0.3) is 0 Å². The Hall–Kier alpha value is -1.87. The summed E-state index contributed by atoms with van der Waals surface area (Å²) in [5, 5.41) is 0. The highest BCUT2D eigenvalue weighted by Gasteiger charge is 2.41. The van der Waals surface area contributed by atoms with E-state index in [9.17, 15) is 0 Å². The van der Waals surface area contributed by atoms with Crippen LogP contribution in [0.3, 0.4) is 0 Å². The van der Waals surface area contributed by atoms with Gasteiger partial charge in [-0.25, -0.2) is 4.98 Å². The standard InChI is InChI=1S/C17H16ClN3/c18-8-6-17-20-14-11-19-9-7-15(14)21(17)16-10-13(16)12-4-2-1-3-5-12/h1-5,7,9,11,13,16H,6,8,10H2. The second-order valence-electron chi connectivity index (χ2n) is 5.52. The normalized spacial score (nSPS) is 20.8. The van der Waals surface area contributed by atoms with Crippen LogP contribution in [0.15, 0.2) is 48.8 Å². The first-order valence-corrected chi connectivity index (χ1v) is 7.83. The minimum Gasteiger partial charge on any atom is -0.324 e. The molecule has 1 aliphatic rings. The van der Waals surface area contributed by atoms with Crippen LogP contribution in [0.4, 0.5) is 0 Å². The fourth-order valence-corrected chi connectivity index (χ4v) is 3.33. The van der Waals surface area contributed by atoms with Gasteiger partial charge in [0, 0.05) is 30.5 Å². The zero-order valence-electron chi connectivity index (χ0n) is 11.6. The average molecular weight is 298 g/mol. The third kappa shape index (κ3) is 2.22. The number of imidazole rings is 1. The molecular formula is C17H16ClN3. The molecule has 3 aromatic rings. The Morgan fingerprint density at radius 2 is 2.05 bits per heavy atom. The summed E-state index contributed by atoms with van der Waals surface area (Å²) in [6.45, 7) is 0. The fourth-order valence-electron chi connectivity index (χ4n) is 3.16. The number of hydrogen-bond donors (Lipinski definition) is 0. The lowest BCUT2D eigenvalue weighted by Gasteiger charge is -2.08. The summed E-state index contributed by atoms with van der Waals surface area (Å²) in [6, 6.07) is 13.3. The number of nitrogens with zero attached hydrogens (tertiary/aromatic N) is 3. The molecule has 1 aliphatic carbocycles. The van der Waals surface area contributed by atoms with E-state index >= 15 is 0 Å². The molecule has 4 rings (SSSR count). The first-order valence-electron chi connectivity index (χ1n) is 7.30. The van der Waals surface area contributed by atoms with Crippen LogP contribution in [-0.2, 0) is 6.42 Å². The molecule has 1 saturated carbocycles. The molecule has 0 saturated heterocycles. The number of pyridine rings is 1. The highest BCUT2D eigenvalue weighted by molar-refractivity contribution is 6.17. The molecule has 1 fully saturated rings. The second kappa shape index (κ2) is 5.15. The quantitative estimate of drug-likeness (QED) is 0.683. The molecule has 0 amide bonds. The SMILES string of the molecule is ClCCc1nc2cnccc2n1C1CC1c1ccccc1. The zero-order chi connectivity index (χ0) is 14.2. The van der Waals surface area contributed by atoms with Crippen LogP contribution in [0.5, 0.6) is 0 Å². The fraction of sp³-hybridized carbons (Fsp3) is 0.294. The van der Waals surface area contributed by atoms with Gasteiger partial charge in [0.1, 0.15) is 11.3 Å². The molecule has 4 heteroatoms. The molecule has 2 atom stereocenters. The van der Waals surface area contributed by atoms with Crippen LogP contribution in [0, 0.1) is 0 Å². The van der Waals surface area contributed by atoms with Crippen LogP contribution >= 0.6 is 11.6 Å². The van der Waals surface area contributed by atoms with Crippen molar-refractivity contribution < 1.29 is 0 Å². The van der Waals surface area contributed by atoms with Crippen molar-refractivity contribution in [1.29, 1.82) is 0 Å². The van der Waals surface area contributed by atoms with Gasteiger partial charge in [-0.3, -0.25) is 4.98 Å². The Kier molecular flexibility index (Phi) is 3.15. The molecule has 2 unspecified atom stereocenters. The van der Waals surface area contributed by atoms with E-state index in [0.29, 0.717) is 17.8 Å². The second-order valence-corrected chi connectivity index (χ2v) is 5.90. The van der Waals surface area contributed by atoms with Gasteiger partial charge in [0.2, 0.25) is 0 Å². The third-order valence-electron chi connectivity index (χ3n) is 4.20. The Labute approximate surface area is 128 Å². The molecule has 106 valence electrons. The lowest BCUT2D eigenvalue weighted by molar-refractivity contribution is 0.690. The number of halogens is 1. The molecular weight excluding hydrogens is 282 g/mol. The maximum absolute atomic E-state index is 5.95. The molecule has 1 aromatic carbocycles. The van der Waals surface area contributed by atoms with Gasteiger partial charge < -0.3 is 4.57 Å². The van der Waals surface area contributed by atoms with E-state index in [2.05, 4.69) is 45.9 Å². The van der Waals surface area contributed by atoms with Crippen molar-refractivity contribution >= 4 is 22.6 Å². The molecule has 0 aliphatic heterocycles. The smallest absolute Gasteiger partial charge is 0.111 e. The van der Waals surface area contributed by atoms with Gasteiger partial charge in [-0.1, -0.05) is 30.3 Å².